The molecule has 0 aliphatic carbocycles. The number of piperidine rings is 3. The molecule has 0 unspecified atom stereocenters. The quantitative estimate of drug-likeness (QED) is 0.469. The van der Waals surface area contributed by atoms with Crippen LogP contribution in [-0.2, 0) is 25.7 Å². The van der Waals surface area contributed by atoms with Crippen molar-refractivity contribution in [2.45, 2.75) is 55.3 Å². The Morgan fingerprint density at radius 2 is 1.94 bits per heavy atom. The molecule has 3 heterocycles. The summed E-state index contributed by atoms with van der Waals surface area (Å²) in [6.45, 7) is 2.22. The molecule has 3 aliphatic rings. The van der Waals surface area contributed by atoms with Gasteiger partial charge in [-0.25, -0.2) is 8.42 Å². The Morgan fingerprint density at radius 1 is 1.21 bits per heavy atom. The maximum absolute atomic E-state index is 13.7. The van der Waals surface area contributed by atoms with E-state index >= 15 is 0 Å². The fraction of sp³-hybridized carbons (Fsp3) is 0.609. The predicted octanol–water partition coefficient (Wildman–Crippen LogP) is 3.69. The number of carbonyl (C=O) groups is 1. The molecule has 3 aliphatic heterocycles. The highest BCUT2D eigenvalue weighted by Gasteiger charge is 2.51. The van der Waals surface area contributed by atoms with Gasteiger partial charge in [0.15, 0.2) is 0 Å². The molecule has 10 heteroatoms. The average Bonchev–Trinajstić information content (AvgIpc) is 2.79. The van der Waals surface area contributed by atoms with Crippen LogP contribution < -0.4 is 0 Å². The lowest BCUT2D eigenvalue weighted by atomic mass is 9.70. The van der Waals surface area contributed by atoms with Gasteiger partial charge in [0, 0.05) is 18.6 Å². The van der Waals surface area contributed by atoms with E-state index in [9.17, 15) is 26.4 Å². The van der Waals surface area contributed by atoms with E-state index in [1.165, 1.54) is 17.5 Å². The Labute approximate surface area is 192 Å². The molecule has 182 valence electrons. The van der Waals surface area contributed by atoms with Gasteiger partial charge in [-0.1, -0.05) is 18.2 Å². The van der Waals surface area contributed by atoms with E-state index in [4.69, 9.17) is 0 Å². The highest BCUT2D eigenvalue weighted by molar-refractivity contribution is 7.89. The molecule has 3 saturated heterocycles. The van der Waals surface area contributed by atoms with Crippen molar-refractivity contribution in [3.63, 3.8) is 0 Å². The minimum atomic E-state index is -4.63. The Bertz CT molecular complexity index is 1010. The standard InChI is InChI=1S/C23H29F3N2O4S/c1-32-21(29)11-3-10-20-19-9-5-13-27-12-4-6-16(22(19)27)15-28(20)33(30,31)18-8-2-7-17(14-18)23(24,25)26/h2-3,7-8,10,14,16,19-20,22H,4-6,9,11-13,15H2,1H3/b10-3-/t16-,19+,20+,22-/m0/s1. The highest BCUT2D eigenvalue weighted by Crippen LogP contribution is 2.44. The number of methoxy groups -OCH3 is 1. The maximum atomic E-state index is 13.7. The van der Waals surface area contributed by atoms with Crippen molar-refractivity contribution >= 4 is 16.0 Å². The molecule has 0 saturated carbocycles. The van der Waals surface area contributed by atoms with Gasteiger partial charge in [0.25, 0.3) is 0 Å². The third-order valence-electron chi connectivity index (χ3n) is 7.15. The fourth-order valence-electron chi connectivity index (χ4n) is 5.75. The molecule has 6 nitrogen and oxygen atoms in total. The summed E-state index contributed by atoms with van der Waals surface area (Å²) >= 11 is 0. The summed E-state index contributed by atoms with van der Waals surface area (Å²) in [6.07, 6.45) is 2.38. The number of hydrogen-bond acceptors (Lipinski definition) is 5. The number of esters is 1. The molecular weight excluding hydrogens is 457 g/mol. The fourth-order valence-corrected chi connectivity index (χ4v) is 7.48. The second-order valence-electron chi connectivity index (χ2n) is 9.03. The Morgan fingerprint density at radius 3 is 2.64 bits per heavy atom. The Hall–Kier alpha value is -1.91. The van der Waals surface area contributed by atoms with Crippen LogP contribution >= 0.6 is 0 Å². The van der Waals surface area contributed by atoms with Gasteiger partial charge in [0.1, 0.15) is 0 Å². The molecule has 4 atom stereocenters. The zero-order valence-corrected chi connectivity index (χ0v) is 19.3. The number of sulfonamides is 1. The van der Waals surface area contributed by atoms with Crippen LogP contribution in [0.3, 0.4) is 0 Å². The number of carbonyl (C=O) groups excluding carboxylic acids is 1. The first-order valence-electron chi connectivity index (χ1n) is 11.3. The third kappa shape index (κ3) is 4.83. The van der Waals surface area contributed by atoms with Crippen LogP contribution in [0.15, 0.2) is 41.3 Å². The maximum Gasteiger partial charge on any atom is 0.416 e. The summed E-state index contributed by atoms with van der Waals surface area (Å²) in [5.41, 5.74) is -0.988. The summed E-state index contributed by atoms with van der Waals surface area (Å²) in [5, 5.41) is 0. The van der Waals surface area contributed by atoms with Crippen LogP contribution in [0.4, 0.5) is 13.2 Å². The first-order chi connectivity index (χ1) is 15.6. The summed E-state index contributed by atoms with van der Waals surface area (Å²) in [7, 11) is -2.91. The van der Waals surface area contributed by atoms with E-state index in [2.05, 4.69) is 9.64 Å². The van der Waals surface area contributed by atoms with E-state index in [-0.39, 0.29) is 35.7 Å². The van der Waals surface area contributed by atoms with Crippen molar-refractivity contribution in [3.8, 4) is 0 Å². The topological polar surface area (TPSA) is 66.9 Å². The lowest BCUT2D eigenvalue weighted by molar-refractivity contribution is -0.139. The molecule has 1 aromatic rings. The van der Waals surface area contributed by atoms with Gasteiger partial charge >= 0.3 is 12.1 Å². The van der Waals surface area contributed by atoms with Gasteiger partial charge in [0.2, 0.25) is 10.0 Å². The molecule has 0 bridgehead atoms. The van der Waals surface area contributed by atoms with Gasteiger partial charge in [-0.05, 0) is 68.8 Å². The van der Waals surface area contributed by atoms with Crippen molar-refractivity contribution in [2.75, 3.05) is 26.7 Å². The molecule has 33 heavy (non-hydrogen) atoms. The largest absolute Gasteiger partial charge is 0.469 e. The predicted molar refractivity (Wildman–Crippen MR) is 116 cm³/mol. The first-order valence-corrected chi connectivity index (χ1v) is 12.7. The first kappa shape index (κ1) is 24.2. The molecular formula is C23H29F3N2O4S. The second-order valence-corrected chi connectivity index (χ2v) is 10.9. The number of hydrogen-bond donors (Lipinski definition) is 0. The molecule has 0 aromatic heterocycles. The van der Waals surface area contributed by atoms with E-state index in [1.807, 2.05) is 0 Å². The number of rotatable bonds is 5. The van der Waals surface area contributed by atoms with Crippen LogP contribution in [-0.4, -0.2) is 62.4 Å². The van der Waals surface area contributed by atoms with E-state index in [0.717, 1.165) is 50.9 Å². The summed E-state index contributed by atoms with van der Waals surface area (Å²) < 4.78 is 73.2. The average molecular weight is 487 g/mol. The third-order valence-corrected chi connectivity index (χ3v) is 9.00. The van der Waals surface area contributed by atoms with Gasteiger partial charge in [-0.3, -0.25) is 9.69 Å². The van der Waals surface area contributed by atoms with Gasteiger partial charge in [-0.15, -0.1) is 0 Å². The van der Waals surface area contributed by atoms with Crippen molar-refractivity contribution in [3.05, 3.63) is 42.0 Å². The number of nitrogens with zero attached hydrogens (tertiary/aromatic N) is 2. The van der Waals surface area contributed by atoms with Crippen LogP contribution in [0.25, 0.3) is 0 Å². The SMILES string of the molecule is COC(=O)C/C=C\[C@@H]1[C@H]2CCCN3CCC[C@@H](CN1S(=O)(=O)c1cccc(C(F)(F)F)c1)[C@@H]23. The van der Waals surface area contributed by atoms with Crippen molar-refractivity contribution < 1.29 is 31.1 Å². The van der Waals surface area contributed by atoms with Crippen molar-refractivity contribution in [2.24, 2.45) is 11.8 Å². The minimum Gasteiger partial charge on any atom is -0.469 e. The molecule has 0 spiro atoms. The summed E-state index contributed by atoms with van der Waals surface area (Å²) in [6, 6.07) is 3.65. The van der Waals surface area contributed by atoms with Gasteiger partial charge in [0.05, 0.1) is 24.0 Å². The van der Waals surface area contributed by atoms with Crippen LogP contribution in [0, 0.1) is 11.8 Å². The summed E-state index contributed by atoms with van der Waals surface area (Å²) in [5.74, 6) is -0.280. The zero-order valence-electron chi connectivity index (χ0n) is 18.5. The number of halogens is 3. The van der Waals surface area contributed by atoms with E-state index < -0.39 is 33.8 Å². The monoisotopic (exact) mass is 486 g/mol. The Kier molecular flexibility index (Phi) is 6.89. The molecule has 0 radical (unpaired) electrons. The van der Waals surface area contributed by atoms with E-state index in [0.29, 0.717) is 6.07 Å². The van der Waals surface area contributed by atoms with Crippen molar-refractivity contribution in [1.29, 1.82) is 0 Å². The minimum absolute atomic E-state index is 0.00890. The van der Waals surface area contributed by atoms with Crippen LogP contribution in [0.2, 0.25) is 0 Å². The highest BCUT2D eigenvalue weighted by atomic mass is 32.2. The lowest BCUT2D eigenvalue weighted by Gasteiger charge is -2.56. The Balaban J connectivity index is 1.72. The molecule has 0 N–H and O–H groups in total. The number of alkyl halides is 3. The van der Waals surface area contributed by atoms with Gasteiger partial charge in [-0.2, -0.15) is 17.5 Å². The van der Waals surface area contributed by atoms with Gasteiger partial charge < -0.3 is 4.74 Å². The summed E-state index contributed by atoms with van der Waals surface area (Å²) in [4.78, 5) is 13.7. The zero-order chi connectivity index (χ0) is 23.8. The normalized spacial score (nSPS) is 29.1. The molecule has 4 rings (SSSR count). The second kappa shape index (κ2) is 9.38. The van der Waals surface area contributed by atoms with Crippen LogP contribution in [0.5, 0.6) is 0 Å². The molecule has 3 fully saturated rings. The number of ether oxygens (including phenoxy) is 1. The van der Waals surface area contributed by atoms with Crippen LogP contribution in [0.1, 0.15) is 37.7 Å². The smallest absolute Gasteiger partial charge is 0.416 e. The molecule has 0 amide bonds. The molecule has 1 aromatic carbocycles. The number of benzene rings is 1. The van der Waals surface area contributed by atoms with E-state index in [1.54, 1.807) is 12.2 Å². The lowest BCUT2D eigenvalue weighted by Crippen LogP contribution is -2.65. The van der Waals surface area contributed by atoms with Crippen molar-refractivity contribution in [1.82, 2.24) is 9.21 Å².